The molecule has 0 amide bonds. The van der Waals surface area contributed by atoms with Gasteiger partial charge < -0.3 is 0 Å². The van der Waals surface area contributed by atoms with E-state index in [2.05, 4.69) is 15.0 Å². The Balaban J connectivity index is 0.000000640. The van der Waals surface area contributed by atoms with Crippen LogP contribution >= 0.6 is 23.2 Å². The third kappa shape index (κ3) is 3.82. The Kier molecular flexibility index (Phi) is 5.63. The summed E-state index contributed by atoms with van der Waals surface area (Å²) in [7, 11) is 0. The molecule has 9 heavy (non-hydrogen) atoms. The first kappa shape index (κ1) is 10.2. The Morgan fingerprint density at radius 3 is 1.78 bits per heavy atom. The predicted octanol–water partition coefficient (Wildman–Crippen LogP) is 0.530. The van der Waals surface area contributed by atoms with Crippen molar-refractivity contribution in [2.75, 3.05) is 0 Å². The van der Waals surface area contributed by atoms with Crippen molar-refractivity contribution in [3.8, 4) is 0 Å². The van der Waals surface area contributed by atoms with Crippen molar-refractivity contribution in [3.05, 3.63) is 16.9 Å². The number of hydrogen-bond donors (Lipinski definition) is 0. The van der Waals surface area contributed by atoms with Gasteiger partial charge in [-0.1, -0.05) is 0 Å². The molecule has 0 unspecified atom stereocenters. The van der Waals surface area contributed by atoms with Gasteiger partial charge in [-0.3, -0.25) is 0 Å². The topological polar surface area (TPSA) is 38.7 Å². The zero-order valence-electron chi connectivity index (χ0n) is 3.67. The Hall–Kier alpha value is 1.23. The summed E-state index contributed by atoms with van der Waals surface area (Å²) in [6.07, 6.45) is 1.25. The maximum atomic E-state index is 5.30. The summed E-state index contributed by atoms with van der Waals surface area (Å²) in [4.78, 5) is 10.5. The van der Waals surface area contributed by atoms with Crippen molar-refractivity contribution in [2.24, 2.45) is 0 Å². The average molecular weight is 190 g/mol. The fourth-order valence-corrected chi connectivity index (χ4v) is 0.549. The van der Waals surface area contributed by atoms with Gasteiger partial charge in [-0.25, -0.2) is 9.97 Å². The van der Waals surface area contributed by atoms with Crippen LogP contribution in [-0.4, -0.2) is 66.3 Å². The van der Waals surface area contributed by atoms with Crippen LogP contribution in [-0.2, 0) is 0 Å². The molecule has 0 radical (unpaired) electrons. The van der Waals surface area contributed by atoms with E-state index < -0.39 is 0 Å². The van der Waals surface area contributed by atoms with Crippen LogP contribution in [0, 0.1) is 0 Å². The molecule has 1 aromatic rings. The van der Waals surface area contributed by atoms with Crippen molar-refractivity contribution < 1.29 is 0 Å². The van der Waals surface area contributed by atoms with E-state index in [4.69, 9.17) is 23.2 Å². The molecule has 0 saturated carbocycles. The molecular formula is C3H2Cl2KN3. The summed E-state index contributed by atoms with van der Waals surface area (Å²) in [5, 5.41) is 0.231. The second-order valence-corrected chi connectivity index (χ2v) is 1.70. The molecule has 1 rings (SSSR count). The Morgan fingerprint density at radius 1 is 1.11 bits per heavy atom. The van der Waals surface area contributed by atoms with Crippen LogP contribution in [0.15, 0.2) is 6.33 Å². The van der Waals surface area contributed by atoms with Crippen LogP contribution in [0.5, 0.6) is 0 Å². The number of rotatable bonds is 0. The van der Waals surface area contributed by atoms with Crippen molar-refractivity contribution in [3.63, 3.8) is 0 Å². The van der Waals surface area contributed by atoms with Crippen LogP contribution < -0.4 is 0 Å². The molecule has 0 fully saturated rings. The average Bonchev–Trinajstić information content (AvgIpc) is 1.64. The molecule has 0 saturated heterocycles. The third-order valence-electron chi connectivity index (χ3n) is 0.513. The maximum absolute atomic E-state index is 5.30. The van der Waals surface area contributed by atoms with Gasteiger partial charge >= 0.3 is 51.4 Å². The summed E-state index contributed by atoms with van der Waals surface area (Å²) in [6.45, 7) is 0. The van der Waals surface area contributed by atoms with Gasteiger partial charge in [0.05, 0.1) is 0 Å². The first-order valence-corrected chi connectivity index (χ1v) is 2.54. The fourth-order valence-electron chi connectivity index (χ4n) is 0.258. The van der Waals surface area contributed by atoms with E-state index in [0.29, 0.717) is 0 Å². The summed E-state index contributed by atoms with van der Waals surface area (Å²) in [5.74, 6) is 0. The summed E-state index contributed by atoms with van der Waals surface area (Å²) in [5.41, 5.74) is 0. The van der Waals surface area contributed by atoms with Gasteiger partial charge in [0.25, 0.3) is 0 Å². The molecule has 0 aromatic carbocycles. The number of halogens is 2. The van der Waals surface area contributed by atoms with Crippen molar-refractivity contribution in [1.29, 1.82) is 0 Å². The molecule has 0 aliphatic carbocycles. The van der Waals surface area contributed by atoms with Gasteiger partial charge in [0, 0.05) is 0 Å². The van der Waals surface area contributed by atoms with E-state index in [1.807, 2.05) is 0 Å². The van der Waals surface area contributed by atoms with Crippen molar-refractivity contribution in [1.82, 2.24) is 15.0 Å². The van der Waals surface area contributed by atoms with E-state index >= 15 is 0 Å². The summed E-state index contributed by atoms with van der Waals surface area (Å²) < 4.78 is 0. The molecule has 44 valence electrons. The second kappa shape index (κ2) is 4.95. The van der Waals surface area contributed by atoms with Crippen LogP contribution in [0.3, 0.4) is 0 Å². The standard InChI is InChI=1S/C3HCl2N3.K.H/c4-2-6-1-7-3(5)8-2;;/h1H;;. The molecule has 0 spiro atoms. The minimum absolute atomic E-state index is 0. The SMILES string of the molecule is Clc1ncnc(Cl)n1.[KH]. The van der Waals surface area contributed by atoms with Gasteiger partial charge in [0.1, 0.15) is 6.33 Å². The van der Waals surface area contributed by atoms with Gasteiger partial charge in [0.2, 0.25) is 10.6 Å². The van der Waals surface area contributed by atoms with Crippen LogP contribution in [0.25, 0.3) is 0 Å². The van der Waals surface area contributed by atoms with E-state index in [9.17, 15) is 0 Å². The number of aromatic nitrogens is 3. The predicted molar refractivity (Wildman–Crippen MR) is 37.0 cm³/mol. The summed E-state index contributed by atoms with van der Waals surface area (Å²) >= 11 is 10.6. The molecule has 0 aliphatic heterocycles. The third-order valence-corrected chi connectivity index (χ3v) is 0.877. The fraction of sp³-hybridized carbons (Fsp3) is 0. The normalized spacial score (nSPS) is 8.22. The van der Waals surface area contributed by atoms with Crippen LogP contribution in [0.1, 0.15) is 0 Å². The molecule has 1 heterocycles. The second-order valence-electron chi connectivity index (χ2n) is 1.02. The number of hydrogen-bond acceptors (Lipinski definition) is 3. The van der Waals surface area contributed by atoms with Crippen LogP contribution in [0.2, 0.25) is 10.6 Å². The quantitative estimate of drug-likeness (QED) is 0.560. The first-order valence-electron chi connectivity index (χ1n) is 1.79. The van der Waals surface area contributed by atoms with Crippen molar-refractivity contribution >= 4 is 74.6 Å². The zero-order valence-corrected chi connectivity index (χ0v) is 5.19. The van der Waals surface area contributed by atoms with E-state index in [0.717, 1.165) is 0 Å². The Bertz CT molecular complexity index is 177. The van der Waals surface area contributed by atoms with Gasteiger partial charge in [-0.2, -0.15) is 4.98 Å². The summed E-state index contributed by atoms with van der Waals surface area (Å²) in [6, 6.07) is 0. The molecule has 3 nitrogen and oxygen atoms in total. The molecular weight excluding hydrogens is 188 g/mol. The molecule has 0 N–H and O–H groups in total. The van der Waals surface area contributed by atoms with E-state index in [-0.39, 0.29) is 62.0 Å². The Morgan fingerprint density at radius 2 is 1.56 bits per heavy atom. The monoisotopic (exact) mass is 189 g/mol. The van der Waals surface area contributed by atoms with Gasteiger partial charge in [-0.15, -0.1) is 0 Å². The first-order chi connectivity index (χ1) is 3.79. The van der Waals surface area contributed by atoms with E-state index in [1.54, 1.807) is 0 Å². The molecule has 1 aromatic heterocycles. The molecule has 0 aliphatic rings. The Labute approximate surface area is 105 Å². The van der Waals surface area contributed by atoms with Gasteiger partial charge in [-0.05, 0) is 23.2 Å². The molecule has 6 heteroatoms. The van der Waals surface area contributed by atoms with E-state index in [1.165, 1.54) is 6.33 Å². The minimum atomic E-state index is 0. The van der Waals surface area contributed by atoms with Crippen molar-refractivity contribution in [2.45, 2.75) is 0 Å². The zero-order chi connectivity index (χ0) is 5.98. The molecule has 0 atom stereocenters. The van der Waals surface area contributed by atoms with Gasteiger partial charge in [0.15, 0.2) is 0 Å². The molecule has 0 bridgehead atoms. The van der Waals surface area contributed by atoms with Crippen LogP contribution in [0.4, 0.5) is 0 Å². The number of nitrogens with zero attached hydrogens (tertiary/aromatic N) is 3.